The lowest BCUT2D eigenvalue weighted by Crippen LogP contribution is -2.03. The van der Waals surface area contributed by atoms with E-state index in [1.54, 1.807) is 0 Å². The highest BCUT2D eigenvalue weighted by Gasteiger charge is 2.29. The molecule has 79 valence electrons. The second kappa shape index (κ2) is 4.88. The molecule has 0 aliphatic heterocycles. The molecule has 0 fully saturated rings. The monoisotopic (exact) mass is 215 g/mol. The first-order chi connectivity index (χ1) is 7.04. The van der Waals surface area contributed by atoms with Crippen LogP contribution in [0.25, 0.3) is 6.08 Å². The Hall–Kier alpha value is -1.43. The van der Waals surface area contributed by atoms with Crippen molar-refractivity contribution in [1.82, 2.24) is 0 Å². The lowest BCUT2D eigenvalue weighted by atomic mass is 10.1. The summed E-state index contributed by atoms with van der Waals surface area (Å²) >= 11 is 0. The van der Waals surface area contributed by atoms with E-state index in [0.717, 1.165) is 18.4 Å². The van der Waals surface area contributed by atoms with E-state index >= 15 is 0 Å². The van der Waals surface area contributed by atoms with Gasteiger partial charge in [-0.05, 0) is 23.8 Å². The van der Waals surface area contributed by atoms with Crippen molar-refractivity contribution in [1.29, 1.82) is 0 Å². The first-order valence-electron chi connectivity index (χ1n) is 3.99. The Balaban J connectivity index is 2.73. The van der Waals surface area contributed by atoms with Gasteiger partial charge in [0.05, 0.1) is 11.8 Å². The Morgan fingerprint density at radius 3 is 2.27 bits per heavy atom. The summed E-state index contributed by atoms with van der Waals surface area (Å²) in [6, 6.07) is 4.56. The standard InChI is InChI=1S/C9H7BF3O2/c11-9(12,13)8-3-1-7(2-4-8)5-6-15-10-14/h1-6,14H/b6-5+. The Kier molecular flexibility index (Phi) is 3.79. The predicted octanol–water partition coefficient (Wildman–Crippen LogP) is 2.22. The van der Waals surface area contributed by atoms with E-state index in [2.05, 4.69) is 4.65 Å². The minimum Gasteiger partial charge on any atom is -0.543 e. The highest BCUT2D eigenvalue weighted by atomic mass is 19.4. The molecule has 1 aromatic carbocycles. The molecular formula is C9H7BF3O2. The minimum absolute atomic E-state index is 0.473. The summed E-state index contributed by atoms with van der Waals surface area (Å²) in [7, 11) is 0.473. The number of halogens is 3. The van der Waals surface area contributed by atoms with Crippen molar-refractivity contribution in [2.45, 2.75) is 6.18 Å². The molecule has 0 aliphatic carbocycles. The van der Waals surface area contributed by atoms with Crippen LogP contribution >= 0.6 is 0 Å². The van der Waals surface area contributed by atoms with Crippen molar-refractivity contribution in [2.75, 3.05) is 0 Å². The molecule has 1 rings (SSSR count). The molecule has 0 aliphatic rings. The van der Waals surface area contributed by atoms with Crippen molar-refractivity contribution >= 4 is 13.8 Å². The Labute approximate surface area is 85.3 Å². The lowest BCUT2D eigenvalue weighted by molar-refractivity contribution is -0.137. The maximum absolute atomic E-state index is 12.1. The molecule has 1 aromatic rings. The first-order valence-corrected chi connectivity index (χ1v) is 3.99. The van der Waals surface area contributed by atoms with Gasteiger partial charge in [-0.3, -0.25) is 0 Å². The van der Waals surface area contributed by atoms with Gasteiger partial charge in [0.25, 0.3) is 0 Å². The smallest absolute Gasteiger partial charge is 0.543 e. The normalized spacial score (nSPS) is 11.7. The Morgan fingerprint density at radius 2 is 1.80 bits per heavy atom. The SMILES string of the molecule is O[B]O/C=C/c1ccc(C(F)(F)F)cc1. The molecule has 1 N–H and O–H groups in total. The molecule has 2 nitrogen and oxygen atoms in total. The van der Waals surface area contributed by atoms with E-state index in [4.69, 9.17) is 5.02 Å². The zero-order valence-electron chi connectivity index (χ0n) is 7.53. The lowest BCUT2D eigenvalue weighted by Gasteiger charge is -2.05. The van der Waals surface area contributed by atoms with Crippen molar-refractivity contribution in [3.05, 3.63) is 41.7 Å². The summed E-state index contributed by atoms with van der Waals surface area (Å²) in [6.45, 7) is 0. The third-order valence-electron chi connectivity index (χ3n) is 1.64. The van der Waals surface area contributed by atoms with E-state index in [0.29, 0.717) is 13.2 Å². The number of alkyl halides is 3. The van der Waals surface area contributed by atoms with Gasteiger partial charge in [-0.25, -0.2) is 0 Å². The summed E-state index contributed by atoms with van der Waals surface area (Å²) in [5.41, 5.74) is -0.154. The van der Waals surface area contributed by atoms with Gasteiger partial charge < -0.3 is 9.68 Å². The number of rotatable bonds is 3. The molecule has 15 heavy (non-hydrogen) atoms. The van der Waals surface area contributed by atoms with Gasteiger partial charge in [-0.15, -0.1) is 0 Å². The van der Waals surface area contributed by atoms with Crippen LogP contribution in [0.5, 0.6) is 0 Å². The number of hydrogen-bond donors (Lipinski definition) is 1. The second-order valence-corrected chi connectivity index (χ2v) is 2.66. The summed E-state index contributed by atoms with van der Waals surface area (Å²) in [5, 5.41) is 8.15. The van der Waals surface area contributed by atoms with Crippen LogP contribution in [0.1, 0.15) is 11.1 Å². The third kappa shape index (κ3) is 3.67. The first kappa shape index (κ1) is 11.6. The molecule has 6 heteroatoms. The summed E-state index contributed by atoms with van der Waals surface area (Å²) in [6.07, 6.45) is -1.74. The van der Waals surface area contributed by atoms with Crippen LogP contribution in [0.4, 0.5) is 13.2 Å². The van der Waals surface area contributed by atoms with Gasteiger partial charge in [0, 0.05) is 0 Å². The van der Waals surface area contributed by atoms with Crippen LogP contribution in [-0.2, 0) is 10.8 Å². The average Bonchev–Trinajstić information content (AvgIpc) is 2.18. The van der Waals surface area contributed by atoms with Crippen molar-refractivity contribution in [3.8, 4) is 0 Å². The molecule has 0 bridgehead atoms. The fourth-order valence-corrected chi connectivity index (χ4v) is 0.936. The van der Waals surface area contributed by atoms with Gasteiger partial charge in [0.2, 0.25) is 0 Å². The number of benzene rings is 1. The molecule has 0 heterocycles. The van der Waals surface area contributed by atoms with Gasteiger partial charge in [0.1, 0.15) is 0 Å². The van der Waals surface area contributed by atoms with Crippen molar-refractivity contribution in [2.24, 2.45) is 0 Å². The molecule has 0 aromatic heterocycles. The average molecular weight is 215 g/mol. The van der Waals surface area contributed by atoms with E-state index < -0.39 is 11.7 Å². The molecule has 0 amide bonds. The van der Waals surface area contributed by atoms with Gasteiger partial charge >= 0.3 is 13.9 Å². The minimum atomic E-state index is -4.32. The predicted molar refractivity (Wildman–Crippen MR) is 49.5 cm³/mol. The van der Waals surface area contributed by atoms with E-state index in [-0.39, 0.29) is 0 Å². The molecule has 0 atom stereocenters. The van der Waals surface area contributed by atoms with Gasteiger partial charge in [0.15, 0.2) is 0 Å². The fourth-order valence-electron chi connectivity index (χ4n) is 0.936. The molecule has 0 saturated carbocycles. The van der Waals surface area contributed by atoms with E-state index in [1.165, 1.54) is 18.2 Å². The van der Waals surface area contributed by atoms with E-state index in [9.17, 15) is 13.2 Å². The molecule has 0 saturated heterocycles. The molecule has 0 spiro atoms. The second-order valence-electron chi connectivity index (χ2n) is 2.66. The zero-order chi connectivity index (χ0) is 11.3. The molecular weight excluding hydrogens is 208 g/mol. The Bertz CT molecular complexity index is 332. The van der Waals surface area contributed by atoms with E-state index in [1.807, 2.05) is 0 Å². The fraction of sp³-hybridized carbons (Fsp3) is 0.111. The van der Waals surface area contributed by atoms with Crippen molar-refractivity contribution < 1.29 is 22.8 Å². The van der Waals surface area contributed by atoms with Crippen molar-refractivity contribution in [3.63, 3.8) is 0 Å². The summed E-state index contributed by atoms with van der Waals surface area (Å²) < 4.78 is 40.8. The van der Waals surface area contributed by atoms with Gasteiger partial charge in [-0.1, -0.05) is 12.1 Å². The largest absolute Gasteiger partial charge is 0.569 e. The summed E-state index contributed by atoms with van der Waals surface area (Å²) in [4.78, 5) is 0. The van der Waals surface area contributed by atoms with Crippen LogP contribution < -0.4 is 0 Å². The van der Waals surface area contributed by atoms with Crippen LogP contribution in [-0.4, -0.2) is 12.7 Å². The van der Waals surface area contributed by atoms with Gasteiger partial charge in [-0.2, -0.15) is 13.2 Å². The highest BCUT2D eigenvalue weighted by molar-refractivity contribution is 6.16. The maximum atomic E-state index is 12.1. The van der Waals surface area contributed by atoms with Crippen LogP contribution in [0, 0.1) is 0 Å². The van der Waals surface area contributed by atoms with Crippen LogP contribution in [0.2, 0.25) is 0 Å². The number of hydrogen-bond acceptors (Lipinski definition) is 2. The van der Waals surface area contributed by atoms with Crippen LogP contribution in [0.3, 0.4) is 0 Å². The zero-order valence-corrected chi connectivity index (χ0v) is 7.53. The Morgan fingerprint density at radius 1 is 1.20 bits per heavy atom. The third-order valence-corrected chi connectivity index (χ3v) is 1.64. The quantitative estimate of drug-likeness (QED) is 0.618. The van der Waals surface area contributed by atoms with Crippen LogP contribution in [0.15, 0.2) is 30.5 Å². The topological polar surface area (TPSA) is 29.5 Å². The highest BCUT2D eigenvalue weighted by Crippen LogP contribution is 2.29. The molecule has 0 unspecified atom stereocenters. The molecule has 1 radical (unpaired) electrons. The summed E-state index contributed by atoms with van der Waals surface area (Å²) in [5.74, 6) is 0. The maximum Gasteiger partial charge on any atom is 0.569 e.